The highest BCUT2D eigenvalue weighted by molar-refractivity contribution is 9.10. The number of rotatable bonds is 8. The number of nitrogens with one attached hydrogen (secondary N) is 1. The number of carbonyl (C=O) groups excluding carboxylic acids is 1. The summed E-state index contributed by atoms with van der Waals surface area (Å²) in [7, 11) is 0. The fraction of sp³-hybridized carbons (Fsp3) is 0.533. The highest BCUT2D eigenvalue weighted by Crippen LogP contribution is 2.25. The molecule has 0 atom stereocenters. The molecule has 3 N–H and O–H groups in total. The molecule has 0 bridgehead atoms. The van der Waals surface area contributed by atoms with Gasteiger partial charge in [-0.2, -0.15) is 0 Å². The van der Waals surface area contributed by atoms with Crippen LogP contribution >= 0.6 is 15.9 Å². The van der Waals surface area contributed by atoms with Crippen molar-refractivity contribution in [2.45, 2.75) is 27.3 Å². The number of hydrogen-bond donors (Lipinski definition) is 2. The number of likely N-dealkylation sites (N-methyl/N-ethyl adjacent to an activating group) is 1. The van der Waals surface area contributed by atoms with E-state index in [0.29, 0.717) is 5.92 Å². The maximum Gasteiger partial charge on any atom is 0.236 e. The molecule has 0 unspecified atom stereocenters. The van der Waals surface area contributed by atoms with Crippen molar-refractivity contribution in [3.63, 3.8) is 0 Å². The quantitative estimate of drug-likeness (QED) is 0.763. The van der Waals surface area contributed by atoms with Crippen molar-refractivity contribution in [3.05, 3.63) is 28.2 Å². The standard InChI is InChI=1S/C15H24BrN3O/c1-4-19(10-15(17)20)14-7-13(16)6-5-12(14)9-18-8-11(2)3/h5-7,11,18H,4,8-10H2,1-3H3,(H2,17,20). The monoisotopic (exact) mass is 341 g/mol. The number of nitrogens with two attached hydrogens (primary N) is 1. The Morgan fingerprint density at radius 3 is 2.70 bits per heavy atom. The normalized spacial score (nSPS) is 10.8. The first-order valence-corrected chi connectivity index (χ1v) is 7.75. The summed E-state index contributed by atoms with van der Waals surface area (Å²) in [5.41, 5.74) is 7.56. The van der Waals surface area contributed by atoms with Crippen molar-refractivity contribution in [3.8, 4) is 0 Å². The molecule has 20 heavy (non-hydrogen) atoms. The number of amides is 1. The Labute approximate surface area is 129 Å². The summed E-state index contributed by atoms with van der Waals surface area (Å²) in [4.78, 5) is 13.2. The van der Waals surface area contributed by atoms with E-state index in [2.05, 4.69) is 41.2 Å². The summed E-state index contributed by atoms with van der Waals surface area (Å²) in [5.74, 6) is 0.301. The minimum Gasteiger partial charge on any atom is -0.368 e. The maximum absolute atomic E-state index is 11.2. The van der Waals surface area contributed by atoms with Crippen LogP contribution < -0.4 is 16.0 Å². The molecule has 0 saturated carbocycles. The largest absolute Gasteiger partial charge is 0.368 e. The van der Waals surface area contributed by atoms with Crippen LogP contribution in [0, 0.1) is 5.92 Å². The Hall–Kier alpha value is -1.07. The first-order valence-electron chi connectivity index (χ1n) is 6.96. The van der Waals surface area contributed by atoms with Gasteiger partial charge >= 0.3 is 0 Å². The molecule has 0 radical (unpaired) electrons. The second-order valence-electron chi connectivity index (χ2n) is 5.28. The fourth-order valence-electron chi connectivity index (χ4n) is 2.03. The number of primary amides is 1. The van der Waals surface area contributed by atoms with Crippen molar-refractivity contribution in [1.82, 2.24) is 5.32 Å². The van der Waals surface area contributed by atoms with Crippen LogP contribution in [0.5, 0.6) is 0 Å². The van der Waals surface area contributed by atoms with Crippen LogP contribution in [-0.4, -0.2) is 25.5 Å². The molecule has 4 nitrogen and oxygen atoms in total. The zero-order valence-electron chi connectivity index (χ0n) is 12.4. The van der Waals surface area contributed by atoms with Gasteiger partial charge in [-0.3, -0.25) is 4.79 Å². The lowest BCUT2D eigenvalue weighted by atomic mass is 10.1. The molecule has 0 fully saturated rings. The van der Waals surface area contributed by atoms with Crippen molar-refractivity contribution < 1.29 is 4.79 Å². The number of carbonyl (C=O) groups is 1. The second-order valence-corrected chi connectivity index (χ2v) is 6.19. The van der Waals surface area contributed by atoms with E-state index in [1.54, 1.807) is 0 Å². The molecule has 1 amide bonds. The second kappa shape index (κ2) is 8.27. The third-order valence-corrected chi connectivity index (χ3v) is 3.48. The van der Waals surface area contributed by atoms with E-state index in [1.165, 1.54) is 5.56 Å². The minimum atomic E-state index is -0.312. The Kier molecular flexibility index (Phi) is 7.02. The van der Waals surface area contributed by atoms with Gasteiger partial charge in [-0.05, 0) is 37.1 Å². The van der Waals surface area contributed by atoms with Crippen LogP contribution in [0.4, 0.5) is 5.69 Å². The van der Waals surface area contributed by atoms with E-state index in [0.717, 1.165) is 29.8 Å². The third kappa shape index (κ3) is 5.51. The summed E-state index contributed by atoms with van der Waals surface area (Å²) in [6.07, 6.45) is 0. The molecule has 0 aliphatic rings. The molecule has 1 rings (SSSR count). The van der Waals surface area contributed by atoms with Gasteiger partial charge in [0.2, 0.25) is 5.91 Å². The van der Waals surface area contributed by atoms with Gasteiger partial charge in [-0.1, -0.05) is 35.8 Å². The minimum absolute atomic E-state index is 0.240. The number of halogens is 1. The van der Waals surface area contributed by atoms with E-state index in [4.69, 9.17) is 5.73 Å². The van der Waals surface area contributed by atoms with E-state index < -0.39 is 0 Å². The molecular formula is C15H24BrN3O. The number of benzene rings is 1. The fourth-order valence-corrected chi connectivity index (χ4v) is 2.38. The van der Waals surface area contributed by atoms with Crippen molar-refractivity contribution in [1.29, 1.82) is 0 Å². The van der Waals surface area contributed by atoms with Gasteiger partial charge in [0.15, 0.2) is 0 Å². The molecule has 0 heterocycles. The summed E-state index contributed by atoms with van der Waals surface area (Å²) in [6, 6.07) is 6.14. The molecule has 0 saturated heterocycles. The van der Waals surface area contributed by atoms with Crippen LogP contribution in [0.1, 0.15) is 26.3 Å². The van der Waals surface area contributed by atoms with Gasteiger partial charge in [-0.25, -0.2) is 0 Å². The Balaban J connectivity index is 2.90. The van der Waals surface area contributed by atoms with E-state index in [-0.39, 0.29) is 12.5 Å². The molecule has 0 aliphatic heterocycles. The smallest absolute Gasteiger partial charge is 0.236 e. The van der Waals surface area contributed by atoms with E-state index in [1.807, 2.05) is 24.0 Å². The van der Waals surface area contributed by atoms with Crippen LogP contribution in [0.15, 0.2) is 22.7 Å². The molecule has 0 spiro atoms. The average Bonchev–Trinajstić information content (AvgIpc) is 2.37. The zero-order valence-corrected chi connectivity index (χ0v) is 14.0. The first-order chi connectivity index (χ1) is 9.43. The Morgan fingerprint density at radius 1 is 1.45 bits per heavy atom. The molecular weight excluding hydrogens is 318 g/mol. The lowest BCUT2D eigenvalue weighted by Crippen LogP contribution is -2.34. The van der Waals surface area contributed by atoms with Gasteiger partial charge in [0, 0.05) is 23.2 Å². The van der Waals surface area contributed by atoms with E-state index in [9.17, 15) is 4.79 Å². The topological polar surface area (TPSA) is 58.4 Å². The summed E-state index contributed by atoms with van der Waals surface area (Å²) in [6.45, 7) is 9.13. The number of nitrogens with zero attached hydrogens (tertiary/aromatic N) is 1. The van der Waals surface area contributed by atoms with Gasteiger partial charge in [0.05, 0.1) is 6.54 Å². The average molecular weight is 342 g/mol. The summed E-state index contributed by atoms with van der Waals surface area (Å²) >= 11 is 3.49. The summed E-state index contributed by atoms with van der Waals surface area (Å²) in [5, 5.41) is 3.44. The predicted molar refractivity (Wildman–Crippen MR) is 87.8 cm³/mol. The molecule has 5 heteroatoms. The highest BCUT2D eigenvalue weighted by atomic mass is 79.9. The van der Waals surface area contributed by atoms with E-state index >= 15 is 0 Å². The Bertz CT molecular complexity index is 449. The molecule has 1 aromatic rings. The van der Waals surface area contributed by atoms with Crippen LogP contribution in [0.3, 0.4) is 0 Å². The van der Waals surface area contributed by atoms with Gasteiger partial charge < -0.3 is 16.0 Å². The zero-order chi connectivity index (χ0) is 15.1. The lowest BCUT2D eigenvalue weighted by Gasteiger charge is -2.25. The highest BCUT2D eigenvalue weighted by Gasteiger charge is 2.12. The van der Waals surface area contributed by atoms with Gasteiger partial charge in [-0.15, -0.1) is 0 Å². The number of hydrogen-bond acceptors (Lipinski definition) is 3. The predicted octanol–water partition coefficient (Wildman–Crippen LogP) is 2.51. The molecule has 112 valence electrons. The van der Waals surface area contributed by atoms with Crippen molar-refractivity contribution in [2.75, 3.05) is 24.5 Å². The van der Waals surface area contributed by atoms with Crippen molar-refractivity contribution in [2.24, 2.45) is 11.7 Å². The van der Waals surface area contributed by atoms with Crippen molar-refractivity contribution >= 4 is 27.5 Å². The first kappa shape index (κ1) is 17.0. The van der Waals surface area contributed by atoms with Gasteiger partial charge in [0.1, 0.15) is 0 Å². The van der Waals surface area contributed by atoms with Crippen LogP contribution in [-0.2, 0) is 11.3 Å². The SMILES string of the molecule is CCN(CC(N)=O)c1cc(Br)ccc1CNCC(C)C. The molecule has 0 aromatic heterocycles. The molecule has 0 aliphatic carbocycles. The number of anilines is 1. The van der Waals surface area contributed by atoms with Gasteiger partial charge in [0.25, 0.3) is 0 Å². The summed E-state index contributed by atoms with van der Waals surface area (Å²) < 4.78 is 1.00. The molecule has 1 aromatic carbocycles. The van der Waals surface area contributed by atoms with Crippen LogP contribution in [0.25, 0.3) is 0 Å². The maximum atomic E-state index is 11.2. The lowest BCUT2D eigenvalue weighted by molar-refractivity contribution is -0.116. The van der Waals surface area contributed by atoms with Crippen LogP contribution in [0.2, 0.25) is 0 Å². The third-order valence-electron chi connectivity index (χ3n) is 2.98. The Morgan fingerprint density at radius 2 is 2.15 bits per heavy atom.